The first-order valence-electron chi connectivity index (χ1n) is 19.6. The molecule has 2 aliphatic heterocycles. The van der Waals surface area contributed by atoms with Crippen molar-refractivity contribution in [2.24, 2.45) is 0 Å². The zero-order valence-electron chi connectivity index (χ0n) is 31.7. The highest BCUT2D eigenvalue weighted by Gasteiger charge is 2.37. The van der Waals surface area contributed by atoms with Crippen LogP contribution in [-0.4, -0.2) is 50.6 Å². The van der Waals surface area contributed by atoms with E-state index in [9.17, 15) is 14.4 Å². The first-order valence-corrected chi connectivity index (χ1v) is 22.2. The second kappa shape index (κ2) is 17.0. The van der Waals surface area contributed by atoms with Gasteiger partial charge in [0, 0.05) is 30.9 Å². The van der Waals surface area contributed by atoms with Gasteiger partial charge in [-0.25, -0.2) is 9.97 Å². The van der Waals surface area contributed by atoms with Gasteiger partial charge in [0.05, 0.1) is 33.8 Å². The smallest absolute Gasteiger partial charge is 0.253 e. The molecule has 2 saturated heterocycles. The Bertz CT molecular complexity index is 2500. The predicted octanol–water partition coefficient (Wildman–Crippen LogP) is 10.4. The van der Waals surface area contributed by atoms with Crippen molar-refractivity contribution >= 4 is 51.7 Å². The third kappa shape index (κ3) is 8.02. The number of thiazole rings is 2. The number of likely N-dealkylation sites (tertiary alicyclic amines) is 2. The first kappa shape index (κ1) is 37.8. The van der Waals surface area contributed by atoms with Crippen molar-refractivity contribution in [1.82, 2.24) is 25.1 Å². The fourth-order valence-corrected chi connectivity index (χ4v) is 10.8. The number of amides is 3. The molecule has 3 atom stereocenters. The molecular formula is C47H41N5O3S3. The molecule has 4 aromatic carbocycles. The van der Waals surface area contributed by atoms with E-state index in [0.717, 1.165) is 85.4 Å². The number of rotatable bonds is 11. The largest absolute Gasteiger partial charge is 0.336 e. The fraction of sp³-hybridized carbons (Fsp3) is 0.213. The second-order valence-electron chi connectivity index (χ2n) is 14.7. The normalized spacial score (nSPS) is 17.0. The minimum absolute atomic E-state index is 0.0323. The molecule has 3 amide bonds. The summed E-state index contributed by atoms with van der Waals surface area (Å²) < 4.78 is 0. The molecule has 5 heterocycles. The number of carbonyl (C=O) groups is 3. The number of thiophene rings is 1. The fourth-order valence-electron chi connectivity index (χ4n) is 7.99. The van der Waals surface area contributed by atoms with Crippen LogP contribution in [0.1, 0.15) is 75.3 Å². The molecule has 7 aromatic rings. The summed E-state index contributed by atoms with van der Waals surface area (Å²) in [6.45, 7) is 1.39. The molecule has 0 bridgehead atoms. The summed E-state index contributed by atoms with van der Waals surface area (Å²) in [7, 11) is 0. The van der Waals surface area contributed by atoms with Crippen molar-refractivity contribution in [3.63, 3.8) is 0 Å². The monoisotopic (exact) mass is 819 g/mol. The topological polar surface area (TPSA) is 95.5 Å². The van der Waals surface area contributed by atoms with Gasteiger partial charge < -0.3 is 15.1 Å². The number of nitrogens with one attached hydrogen (secondary N) is 1. The van der Waals surface area contributed by atoms with Crippen molar-refractivity contribution in [2.45, 2.75) is 50.2 Å². The summed E-state index contributed by atoms with van der Waals surface area (Å²) in [5.41, 5.74) is 6.78. The van der Waals surface area contributed by atoms with Crippen LogP contribution in [0.15, 0.2) is 138 Å². The van der Waals surface area contributed by atoms with Gasteiger partial charge in [-0.05, 0) is 70.5 Å². The van der Waals surface area contributed by atoms with E-state index in [2.05, 4.69) is 53.8 Å². The van der Waals surface area contributed by atoms with E-state index in [0.29, 0.717) is 18.5 Å². The minimum Gasteiger partial charge on any atom is -0.336 e. The van der Waals surface area contributed by atoms with Crippen LogP contribution in [0.2, 0.25) is 0 Å². The Morgan fingerprint density at radius 2 is 1.19 bits per heavy atom. The quantitative estimate of drug-likeness (QED) is 0.140. The molecule has 58 heavy (non-hydrogen) atoms. The number of carbonyl (C=O) groups excluding carboxylic acids is 3. The lowest BCUT2D eigenvalue weighted by Gasteiger charge is -2.28. The van der Waals surface area contributed by atoms with E-state index in [1.807, 2.05) is 88.2 Å². The van der Waals surface area contributed by atoms with Gasteiger partial charge >= 0.3 is 0 Å². The lowest BCUT2D eigenvalue weighted by atomic mass is 10.0. The highest BCUT2D eigenvalue weighted by Crippen LogP contribution is 2.40. The zero-order chi connectivity index (χ0) is 39.4. The molecule has 0 spiro atoms. The van der Waals surface area contributed by atoms with E-state index >= 15 is 0 Å². The second-order valence-corrected chi connectivity index (χ2v) is 17.6. The molecule has 3 aromatic heterocycles. The van der Waals surface area contributed by atoms with Gasteiger partial charge in [0.25, 0.3) is 5.91 Å². The summed E-state index contributed by atoms with van der Waals surface area (Å²) in [6.07, 6.45) is 7.90. The molecular weight excluding hydrogens is 779 g/mol. The Morgan fingerprint density at radius 1 is 0.655 bits per heavy atom. The molecule has 290 valence electrons. The Hall–Kier alpha value is -5.75. The number of benzene rings is 4. The molecule has 0 saturated carbocycles. The third-order valence-electron chi connectivity index (χ3n) is 11.0. The molecule has 11 heteroatoms. The van der Waals surface area contributed by atoms with Gasteiger partial charge in [0.15, 0.2) is 0 Å². The van der Waals surface area contributed by atoms with Gasteiger partial charge in [-0.2, -0.15) is 11.3 Å². The van der Waals surface area contributed by atoms with Crippen LogP contribution in [0, 0.1) is 0 Å². The Balaban J connectivity index is 0.856. The number of nitrogens with zero attached hydrogens (tertiary/aromatic N) is 4. The summed E-state index contributed by atoms with van der Waals surface area (Å²) in [5.74, 6) is -0.217. The standard InChI is InChI=1S/C47H41N5O3S3/c53-42(27-31-9-3-1-4-10-31)51-24-7-13-38(51)45-48-28-40(57-45)34-19-15-32(16-20-34)33-17-21-35(22-18-33)41-29-49-46(58-41)39-14-8-25-52(39)47(55)43(36-11-5-2-6-12-36)50-44(54)37-23-26-56-30-37/h1-6,9-12,15-23,26,28-30,38-39,43H,7-8,13-14,24-25,27H2,(H,50,54)/t38-,39-,43+/m0/s1. The van der Waals surface area contributed by atoms with Gasteiger partial charge in [0.1, 0.15) is 16.1 Å². The Kier molecular flexibility index (Phi) is 11.1. The van der Waals surface area contributed by atoms with E-state index in [4.69, 9.17) is 9.97 Å². The maximum absolute atomic E-state index is 14.2. The van der Waals surface area contributed by atoms with Crippen LogP contribution in [0.4, 0.5) is 0 Å². The average Bonchev–Trinajstić information content (AvgIpc) is 4.13. The molecule has 9 rings (SSSR count). The summed E-state index contributed by atoms with van der Waals surface area (Å²) >= 11 is 4.75. The van der Waals surface area contributed by atoms with E-state index in [-0.39, 0.29) is 29.8 Å². The first-order chi connectivity index (χ1) is 28.5. The number of hydrogen-bond acceptors (Lipinski definition) is 8. The van der Waals surface area contributed by atoms with E-state index in [1.165, 1.54) is 11.3 Å². The van der Waals surface area contributed by atoms with Crippen LogP contribution in [-0.2, 0) is 16.0 Å². The molecule has 0 radical (unpaired) electrons. The molecule has 8 nitrogen and oxygen atoms in total. The van der Waals surface area contributed by atoms with Gasteiger partial charge in [-0.3, -0.25) is 14.4 Å². The lowest BCUT2D eigenvalue weighted by molar-refractivity contribution is -0.134. The van der Waals surface area contributed by atoms with Crippen LogP contribution >= 0.6 is 34.0 Å². The van der Waals surface area contributed by atoms with E-state index in [1.54, 1.807) is 34.1 Å². The maximum atomic E-state index is 14.2. The number of aromatic nitrogens is 2. The van der Waals surface area contributed by atoms with Crippen molar-refractivity contribution in [3.8, 4) is 32.0 Å². The molecule has 2 aliphatic rings. The summed E-state index contributed by atoms with van der Waals surface area (Å²) in [5, 5.41) is 8.57. The van der Waals surface area contributed by atoms with Crippen molar-refractivity contribution in [1.29, 1.82) is 0 Å². The highest BCUT2D eigenvalue weighted by atomic mass is 32.1. The van der Waals surface area contributed by atoms with Gasteiger partial charge in [-0.1, -0.05) is 109 Å². The SMILES string of the molecule is O=C(N[C@@H](C(=O)N1CCC[C@H]1c1ncc(-c2ccc(-c3ccc(-c4cnc([C@@H]5CCCN5C(=O)Cc5ccccc5)s4)cc3)cc2)s1)c1ccccc1)c1ccsc1. The maximum Gasteiger partial charge on any atom is 0.253 e. The zero-order valence-corrected chi connectivity index (χ0v) is 34.1. The summed E-state index contributed by atoms with van der Waals surface area (Å²) in [6, 6.07) is 37.4. The van der Waals surface area contributed by atoms with Gasteiger partial charge in [0.2, 0.25) is 11.8 Å². The van der Waals surface area contributed by atoms with Crippen LogP contribution in [0.5, 0.6) is 0 Å². The van der Waals surface area contributed by atoms with E-state index < -0.39 is 6.04 Å². The highest BCUT2D eigenvalue weighted by molar-refractivity contribution is 7.15. The molecule has 1 N–H and O–H groups in total. The predicted molar refractivity (Wildman–Crippen MR) is 233 cm³/mol. The lowest BCUT2D eigenvalue weighted by Crippen LogP contribution is -2.42. The average molecular weight is 820 g/mol. The van der Waals surface area contributed by atoms with Crippen molar-refractivity contribution in [2.75, 3.05) is 13.1 Å². The van der Waals surface area contributed by atoms with Crippen LogP contribution < -0.4 is 5.32 Å². The van der Waals surface area contributed by atoms with Crippen LogP contribution in [0.3, 0.4) is 0 Å². The molecule has 0 unspecified atom stereocenters. The van der Waals surface area contributed by atoms with Crippen molar-refractivity contribution < 1.29 is 14.4 Å². The van der Waals surface area contributed by atoms with Gasteiger partial charge in [-0.15, -0.1) is 22.7 Å². The Labute approximate surface area is 349 Å². The Morgan fingerprint density at radius 3 is 1.76 bits per heavy atom. The minimum atomic E-state index is -0.792. The number of hydrogen-bond donors (Lipinski definition) is 1. The summed E-state index contributed by atoms with van der Waals surface area (Å²) in [4.78, 5) is 56.2. The molecule has 2 fully saturated rings. The third-order valence-corrected chi connectivity index (χ3v) is 14.0. The van der Waals surface area contributed by atoms with Crippen molar-refractivity contribution in [3.05, 3.63) is 165 Å². The molecule has 0 aliphatic carbocycles. The van der Waals surface area contributed by atoms with Crippen LogP contribution in [0.25, 0.3) is 32.0 Å².